The van der Waals surface area contributed by atoms with Crippen molar-refractivity contribution >= 4 is 33.4 Å². The normalized spacial score (nSPS) is 11.7. The third-order valence-electron chi connectivity index (χ3n) is 3.74. The highest BCUT2D eigenvalue weighted by atomic mass is 79.9. The summed E-state index contributed by atoms with van der Waals surface area (Å²) in [5, 5.41) is 17.3. The van der Waals surface area contributed by atoms with Gasteiger partial charge in [-0.3, -0.25) is 9.59 Å². The highest BCUT2D eigenvalue weighted by Crippen LogP contribution is 2.18. The van der Waals surface area contributed by atoms with Gasteiger partial charge in [0.05, 0.1) is 11.7 Å². The zero-order valence-electron chi connectivity index (χ0n) is 14.7. The molecule has 1 aromatic heterocycles. The van der Waals surface area contributed by atoms with Crippen LogP contribution in [0.3, 0.4) is 0 Å². The predicted molar refractivity (Wildman–Crippen MR) is 103 cm³/mol. The fraction of sp³-hybridized carbons (Fsp3) is 0.167. The number of amides is 2. The number of benzene rings is 2. The highest BCUT2D eigenvalue weighted by Gasteiger charge is 2.19. The molecule has 138 valence electrons. The second-order valence-electron chi connectivity index (χ2n) is 5.88. The SMILES string of the molecule is CC(=O)Nc1cccc(C(=O)NC(C)c2nnnn2-c2ccc(Br)cc2)c1. The maximum atomic E-state index is 12.6. The van der Waals surface area contributed by atoms with Crippen molar-refractivity contribution in [3.8, 4) is 5.69 Å². The lowest BCUT2D eigenvalue weighted by Crippen LogP contribution is -2.28. The minimum atomic E-state index is -0.430. The van der Waals surface area contributed by atoms with E-state index in [0.29, 0.717) is 17.1 Å². The molecule has 1 heterocycles. The summed E-state index contributed by atoms with van der Waals surface area (Å²) in [6.45, 7) is 3.22. The largest absolute Gasteiger partial charge is 0.342 e. The Morgan fingerprint density at radius 3 is 2.59 bits per heavy atom. The summed E-state index contributed by atoms with van der Waals surface area (Å²) >= 11 is 3.39. The average molecular weight is 429 g/mol. The van der Waals surface area contributed by atoms with E-state index < -0.39 is 6.04 Å². The topological polar surface area (TPSA) is 102 Å². The molecule has 0 saturated carbocycles. The van der Waals surface area contributed by atoms with Crippen molar-refractivity contribution in [1.29, 1.82) is 0 Å². The van der Waals surface area contributed by atoms with Crippen molar-refractivity contribution in [2.45, 2.75) is 19.9 Å². The first-order valence-corrected chi connectivity index (χ1v) is 8.96. The number of anilines is 1. The number of carbonyl (C=O) groups is 2. The lowest BCUT2D eigenvalue weighted by atomic mass is 10.1. The fourth-order valence-electron chi connectivity index (χ4n) is 2.52. The highest BCUT2D eigenvalue weighted by molar-refractivity contribution is 9.10. The first-order chi connectivity index (χ1) is 12.9. The number of halogens is 1. The molecule has 0 saturated heterocycles. The number of nitrogens with one attached hydrogen (secondary N) is 2. The molecular weight excluding hydrogens is 412 g/mol. The van der Waals surface area contributed by atoms with Crippen LogP contribution < -0.4 is 10.6 Å². The van der Waals surface area contributed by atoms with Crippen LogP contribution in [-0.4, -0.2) is 32.0 Å². The van der Waals surface area contributed by atoms with Gasteiger partial charge in [-0.2, -0.15) is 4.68 Å². The van der Waals surface area contributed by atoms with E-state index in [9.17, 15) is 9.59 Å². The van der Waals surface area contributed by atoms with Gasteiger partial charge in [-0.1, -0.05) is 22.0 Å². The summed E-state index contributed by atoms with van der Waals surface area (Å²) in [4.78, 5) is 23.8. The number of tetrazole rings is 1. The third-order valence-corrected chi connectivity index (χ3v) is 4.27. The summed E-state index contributed by atoms with van der Waals surface area (Å²) in [6, 6.07) is 13.8. The molecule has 2 amide bonds. The molecule has 3 rings (SSSR count). The quantitative estimate of drug-likeness (QED) is 0.650. The van der Waals surface area contributed by atoms with Gasteiger partial charge in [0.1, 0.15) is 0 Å². The van der Waals surface area contributed by atoms with Gasteiger partial charge in [-0.05, 0) is 59.8 Å². The van der Waals surface area contributed by atoms with Crippen LogP contribution in [0.25, 0.3) is 5.69 Å². The molecule has 2 N–H and O–H groups in total. The molecule has 0 bridgehead atoms. The van der Waals surface area contributed by atoms with Crippen LogP contribution in [0.1, 0.15) is 36.1 Å². The molecular formula is C18H17BrN6O2. The number of hydrogen-bond donors (Lipinski definition) is 2. The second-order valence-corrected chi connectivity index (χ2v) is 6.80. The standard InChI is InChI=1S/C18H17BrN6O2/c1-11(17-22-23-24-25(17)16-8-6-14(19)7-9-16)20-18(27)13-4-3-5-15(10-13)21-12(2)26/h3-11H,1-2H3,(H,20,27)(H,21,26). The molecule has 0 fully saturated rings. The monoisotopic (exact) mass is 428 g/mol. The summed E-state index contributed by atoms with van der Waals surface area (Å²) in [6.07, 6.45) is 0. The van der Waals surface area contributed by atoms with E-state index in [1.807, 2.05) is 24.3 Å². The Bertz CT molecular complexity index is 970. The van der Waals surface area contributed by atoms with E-state index >= 15 is 0 Å². The zero-order chi connectivity index (χ0) is 19.4. The van der Waals surface area contributed by atoms with Gasteiger partial charge >= 0.3 is 0 Å². The number of rotatable bonds is 5. The minimum absolute atomic E-state index is 0.199. The molecule has 9 heteroatoms. The molecule has 0 spiro atoms. The summed E-state index contributed by atoms with van der Waals surface area (Å²) in [5.74, 6) is 0.0124. The Balaban J connectivity index is 1.77. The Labute approximate surface area is 164 Å². The van der Waals surface area contributed by atoms with Crippen molar-refractivity contribution in [2.24, 2.45) is 0 Å². The van der Waals surface area contributed by atoms with Crippen LogP contribution in [0, 0.1) is 0 Å². The fourth-order valence-corrected chi connectivity index (χ4v) is 2.78. The molecule has 2 aromatic carbocycles. The first-order valence-electron chi connectivity index (χ1n) is 8.17. The molecule has 0 radical (unpaired) electrons. The van der Waals surface area contributed by atoms with Gasteiger partial charge in [-0.15, -0.1) is 5.10 Å². The van der Waals surface area contributed by atoms with E-state index in [1.165, 1.54) is 6.92 Å². The third kappa shape index (κ3) is 4.56. The maximum absolute atomic E-state index is 12.6. The van der Waals surface area contributed by atoms with Gasteiger partial charge in [0.25, 0.3) is 5.91 Å². The van der Waals surface area contributed by atoms with Gasteiger partial charge in [0.15, 0.2) is 5.82 Å². The number of hydrogen-bond acceptors (Lipinski definition) is 5. The molecule has 1 unspecified atom stereocenters. The van der Waals surface area contributed by atoms with Crippen molar-refractivity contribution in [2.75, 3.05) is 5.32 Å². The molecule has 0 aliphatic heterocycles. The van der Waals surface area contributed by atoms with E-state index in [2.05, 4.69) is 42.1 Å². The number of nitrogens with zero attached hydrogens (tertiary/aromatic N) is 4. The number of aromatic nitrogens is 4. The Morgan fingerprint density at radius 2 is 1.89 bits per heavy atom. The van der Waals surface area contributed by atoms with Crippen molar-refractivity contribution in [1.82, 2.24) is 25.5 Å². The van der Waals surface area contributed by atoms with Gasteiger partial charge in [0, 0.05) is 22.6 Å². The minimum Gasteiger partial charge on any atom is -0.342 e. The van der Waals surface area contributed by atoms with Crippen LogP contribution in [-0.2, 0) is 4.79 Å². The van der Waals surface area contributed by atoms with E-state index in [4.69, 9.17) is 0 Å². The summed E-state index contributed by atoms with van der Waals surface area (Å²) in [7, 11) is 0. The predicted octanol–water partition coefficient (Wildman–Crippen LogP) is 2.87. The molecule has 8 nitrogen and oxygen atoms in total. The zero-order valence-corrected chi connectivity index (χ0v) is 16.3. The number of carbonyl (C=O) groups excluding carboxylic acids is 2. The Kier molecular flexibility index (Phi) is 5.60. The van der Waals surface area contributed by atoms with Crippen molar-refractivity contribution in [3.63, 3.8) is 0 Å². The van der Waals surface area contributed by atoms with Crippen LogP contribution in [0.4, 0.5) is 5.69 Å². The first kappa shape index (κ1) is 18.7. The van der Waals surface area contributed by atoms with Crippen LogP contribution >= 0.6 is 15.9 Å². The second kappa shape index (κ2) is 8.09. The molecule has 27 heavy (non-hydrogen) atoms. The van der Waals surface area contributed by atoms with Gasteiger partial charge < -0.3 is 10.6 Å². The Morgan fingerprint density at radius 1 is 1.15 bits per heavy atom. The summed E-state index contributed by atoms with van der Waals surface area (Å²) < 4.78 is 2.52. The molecule has 0 aliphatic carbocycles. The lowest BCUT2D eigenvalue weighted by Gasteiger charge is -2.14. The lowest BCUT2D eigenvalue weighted by molar-refractivity contribution is -0.114. The van der Waals surface area contributed by atoms with Crippen molar-refractivity contribution in [3.05, 3.63) is 64.4 Å². The Hall–Kier alpha value is -3.07. The molecule has 3 aromatic rings. The van der Waals surface area contributed by atoms with Crippen LogP contribution in [0.5, 0.6) is 0 Å². The van der Waals surface area contributed by atoms with E-state index in [1.54, 1.807) is 35.9 Å². The smallest absolute Gasteiger partial charge is 0.251 e. The molecule has 1 atom stereocenters. The van der Waals surface area contributed by atoms with E-state index in [0.717, 1.165) is 10.2 Å². The van der Waals surface area contributed by atoms with Crippen LogP contribution in [0.2, 0.25) is 0 Å². The molecule has 0 aliphatic rings. The van der Waals surface area contributed by atoms with Crippen molar-refractivity contribution < 1.29 is 9.59 Å². The maximum Gasteiger partial charge on any atom is 0.251 e. The van der Waals surface area contributed by atoms with Gasteiger partial charge in [-0.25, -0.2) is 0 Å². The van der Waals surface area contributed by atoms with E-state index in [-0.39, 0.29) is 11.8 Å². The van der Waals surface area contributed by atoms with Gasteiger partial charge in [0.2, 0.25) is 5.91 Å². The average Bonchev–Trinajstić information content (AvgIpc) is 3.12. The van der Waals surface area contributed by atoms with Crippen LogP contribution in [0.15, 0.2) is 53.0 Å². The summed E-state index contributed by atoms with van der Waals surface area (Å²) in [5.41, 5.74) is 1.77.